The van der Waals surface area contributed by atoms with Gasteiger partial charge in [-0.05, 0) is 36.5 Å². The molecule has 0 radical (unpaired) electrons. The highest BCUT2D eigenvalue weighted by atomic mass is 16.5. The zero-order valence-corrected chi connectivity index (χ0v) is 17.8. The van der Waals surface area contributed by atoms with Crippen molar-refractivity contribution >= 4 is 0 Å². The van der Waals surface area contributed by atoms with Gasteiger partial charge in [0.15, 0.2) is 6.20 Å². The zero-order chi connectivity index (χ0) is 20.3. The molecule has 2 heterocycles. The Bertz CT molecular complexity index is 791. The van der Waals surface area contributed by atoms with Crippen LogP contribution in [0.15, 0.2) is 42.6 Å². The summed E-state index contributed by atoms with van der Waals surface area (Å²) in [5.41, 5.74) is 3.99. The van der Waals surface area contributed by atoms with E-state index in [0.29, 0.717) is 23.9 Å². The fourth-order valence-corrected chi connectivity index (χ4v) is 4.24. The van der Waals surface area contributed by atoms with Gasteiger partial charge in [-0.15, -0.1) is 4.73 Å². The Morgan fingerprint density at radius 1 is 1.14 bits per heavy atom. The molecule has 0 aliphatic carbocycles. The van der Waals surface area contributed by atoms with E-state index in [1.54, 1.807) is 0 Å². The van der Waals surface area contributed by atoms with Crippen molar-refractivity contribution in [2.24, 2.45) is 0 Å². The Balaban J connectivity index is 1.84. The summed E-state index contributed by atoms with van der Waals surface area (Å²) < 4.78 is 5.95. The summed E-state index contributed by atoms with van der Waals surface area (Å²) in [6.45, 7) is 13.0. The van der Waals surface area contributed by atoms with Gasteiger partial charge < -0.3 is 9.94 Å². The largest absolute Gasteiger partial charge is 0.616 e. The number of hydrogen-bond donors (Lipinski definition) is 0. The van der Waals surface area contributed by atoms with E-state index in [-0.39, 0.29) is 0 Å². The average Bonchev–Trinajstić information content (AvgIpc) is 2.69. The lowest BCUT2D eigenvalue weighted by atomic mass is 9.90. The van der Waals surface area contributed by atoms with Crippen LogP contribution in [-0.2, 0) is 6.54 Å². The molecule has 1 aliphatic heterocycles. The van der Waals surface area contributed by atoms with Crippen LogP contribution in [0.1, 0.15) is 56.3 Å². The quantitative estimate of drug-likeness (QED) is 0.563. The van der Waals surface area contributed by atoms with Crippen LogP contribution in [0.2, 0.25) is 0 Å². The maximum Gasteiger partial charge on any atom is 0.379 e. The third-order valence-corrected chi connectivity index (χ3v) is 5.71. The lowest BCUT2D eigenvalue weighted by Crippen LogP contribution is -2.50. The van der Waals surface area contributed by atoms with Crippen LogP contribution < -0.4 is 9.47 Å². The smallest absolute Gasteiger partial charge is 0.379 e. The molecule has 3 rings (SSSR count). The lowest BCUT2D eigenvalue weighted by molar-refractivity contribution is -0.612. The van der Waals surface area contributed by atoms with E-state index in [1.165, 1.54) is 24.4 Å². The molecule has 152 valence electrons. The van der Waals surface area contributed by atoms with E-state index in [1.807, 2.05) is 12.1 Å². The van der Waals surface area contributed by atoms with E-state index in [4.69, 9.17) is 4.74 Å². The van der Waals surface area contributed by atoms with Crippen molar-refractivity contribution in [2.45, 2.75) is 52.2 Å². The first-order valence-electron chi connectivity index (χ1n) is 10.2. The van der Waals surface area contributed by atoms with Crippen LogP contribution in [-0.4, -0.2) is 42.6 Å². The summed E-state index contributed by atoms with van der Waals surface area (Å²) in [4.78, 5) is 5.11. The van der Waals surface area contributed by atoms with Crippen molar-refractivity contribution in [3.8, 4) is 5.88 Å². The minimum Gasteiger partial charge on any atom is -0.616 e. The monoisotopic (exact) mass is 383 g/mol. The van der Waals surface area contributed by atoms with E-state index < -0.39 is 0 Å². The minimum atomic E-state index is 0.347. The predicted molar refractivity (Wildman–Crippen MR) is 112 cm³/mol. The van der Waals surface area contributed by atoms with E-state index in [0.717, 1.165) is 36.5 Å². The molecule has 1 fully saturated rings. The number of nitrogens with zero attached hydrogens (tertiary/aromatic N) is 3. The number of hydrogen-bond acceptors (Lipinski definition) is 4. The Kier molecular flexibility index (Phi) is 6.57. The molecule has 28 heavy (non-hydrogen) atoms. The molecule has 0 bridgehead atoms. The van der Waals surface area contributed by atoms with Gasteiger partial charge in [0, 0.05) is 44.3 Å². The van der Waals surface area contributed by atoms with E-state index >= 15 is 0 Å². The number of pyridine rings is 1. The number of rotatable bonds is 6. The van der Waals surface area contributed by atoms with Crippen molar-refractivity contribution in [3.63, 3.8) is 0 Å². The molecule has 1 saturated heterocycles. The van der Waals surface area contributed by atoms with Crippen LogP contribution in [0.25, 0.3) is 0 Å². The molecule has 1 atom stereocenters. The summed E-state index contributed by atoms with van der Waals surface area (Å²) in [5, 5.41) is 11.7. The number of benzene rings is 1. The summed E-state index contributed by atoms with van der Waals surface area (Å²) in [6, 6.07) is 13.5. The first-order valence-corrected chi connectivity index (χ1v) is 10.2. The predicted octanol–water partition coefficient (Wildman–Crippen LogP) is 3.72. The van der Waals surface area contributed by atoms with Crippen LogP contribution >= 0.6 is 0 Å². The van der Waals surface area contributed by atoms with E-state index in [2.05, 4.69) is 61.8 Å². The molecule has 0 amide bonds. The third kappa shape index (κ3) is 4.47. The van der Waals surface area contributed by atoms with Gasteiger partial charge in [0.25, 0.3) is 0 Å². The number of aromatic nitrogens is 1. The standard InChI is InChI=1S/C23H33N3O2/c1-17(2)20-8-6-7-9-21(20)22-16-24(12-13-25(22)18(3)4)15-19-10-11-26(27)23(14-19)28-5/h6-11,14,17-18,22H,12-13,15-16H2,1-5H3. The Labute approximate surface area is 169 Å². The molecule has 2 aromatic rings. The summed E-state index contributed by atoms with van der Waals surface area (Å²) in [7, 11) is 1.54. The molecule has 1 aromatic heterocycles. The molecule has 5 heteroatoms. The zero-order valence-electron chi connectivity index (χ0n) is 17.8. The van der Waals surface area contributed by atoms with Gasteiger partial charge in [-0.3, -0.25) is 9.80 Å². The first kappa shape index (κ1) is 20.6. The molecule has 0 N–H and O–H groups in total. The highest BCUT2D eigenvalue weighted by Gasteiger charge is 2.31. The van der Waals surface area contributed by atoms with Crippen LogP contribution in [0.5, 0.6) is 5.88 Å². The normalized spacial score (nSPS) is 18.8. The molecular weight excluding hydrogens is 350 g/mol. The van der Waals surface area contributed by atoms with E-state index in [9.17, 15) is 5.21 Å². The van der Waals surface area contributed by atoms with Crippen LogP contribution in [0.3, 0.4) is 0 Å². The van der Waals surface area contributed by atoms with Gasteiger partial charge in [0.1, 0.15) is 0 Å². The second kappa shape index (κ2) is 8.93. The van der Waals surface area contributed by atoms with Crippen molar-refractivity contribution in [1.82, 2.24) is 9.80 Å². The van der Waals surface area contributed by atoms with Crippen molar-refractivity contribution in [2.75, 3.05) is 26.7 Å². The number of piperazine rings is 1. The fourth-order valence-electron chi connectivity index (χ4n) is 4.24. The lowest BCUT2D eigenvalue weighted by Gasteiger charge is -2.44. The highest BCUT2D eigenvalue weighted by Crippen LogP contribution is 2.33. The van der Waals surface area contributed by atoms with Gasteiger partial charge in [0.2, 0.25) is 0 Å². The van der Waals surface area contributed by atoms with Crippen molar-refractivity contribution in [1.29, 1.82) is 0 Å². The summed E-state index contributed by atoms with van der Waals surface area (Å²) >= 11 is 0. The van der Waals surface area contributed by atoms with Gasteiger partial charge in [-0.25, -0.2) is 0 Å². The molecular formula is C23H33N3O2. The SMILES string of the molecule is COc1cc(CN2CCN(C(C)C)C(c3ccccc3C(C)C)C2)cc[n+]1[O-]. The minimum absolute atomic E-state index is 0.347. The van der Waals surface area contributed by atoms with Gasteiger partial charge >= 0.3 is 5.88 Å². The molecule has 1 aromatic carbocycles. The van der Waals surface area contributed by atoms with Gasteiger partial charge in [-0.1, -0.05) is 38.1 Å². The second-order valence-corrected chi connectivity index (χ2v) is 8.27. The Morgan fingerprint density at radius 2 is 1.89 bits per heavy atom. The Hall–Kier alpha value is -2.11. The molecule has 0 spiro atoms. The van der Waals surface area contributed by atoms with Gasteiger partial charge in [-0.2, -0.15) is 0 Å². The highest BCUT2D eigenvalue weighted by molar-refractivity contribution is 5.33. The van der Waals surface area contributed by atoms with Crippen molar-refractivity contribution in [3.05, 3.63) is 64.5 Å². The van der Waals surface area contributed by atoms with Crippen LogP contribution in [0, 0.1) is 5.21 Å². The third-order valence-electron chi connectivity index (χ3n) is 5.71. The molecule has 5 nitrogen and oxygen atoms in total. The maximum absolute atomic E-state index is 11.7. The molecule has 1 unspecified atom stereocenters. The molecule has 0 saturated carbocycles. The topological polar surface area (TPSA) is 42.6 Å². The summed E-state index contributed by atoms with van der Waals surface area (Å²) in [6.07, 6.45) is 1.53. The Morgan fingerprint density at radius 3 is 2.57 bits per heavy atom. The summed E-state index contributed by atoms with van der Waals surface area (Å²) in [5.74, 6) is 0.853. The van der Waals surface area contributed by atoms with Gasteiger partial charge in [0.05, 0.1) is 13.2 Å². The van der Waals surface area contributed by atoms with Crippen molar-refractivity contribution < 1.29 is 9.47 Å². The second-order valence-electron chi connectivity index (χ2n) is 8.27. The fraction of sp³-hybridized carbons (Fsp3) is 0.522. The molecule has 1 aliphatic rings. The maximum atomic E-state index is 11.7. The van der Waals surface area contributed by atoms with Crippen LogP contribution in [0.4, 0.5) is 0 Å². The average molecular weight is 384 g/mol. The number of methoxy groups -OCH3 is 1. The number of ether oxygens (including phenoxy) is 1. The first-order chi connectivity index (χ1) is 13.4.